The lowest BCUT2D eigenvalue weighted by molar-refractivity contribution is -0.140. The standard InChI is InChI=1S/C15H12Cl2N2O3/c1-22-15(21)5-4-14(20)13-7-12(18-8-19-13)9-2-3-10(16)11(17)6-9/h2-3,6-8H,4-5H2,1H3. The minimum absolute atomic E-state index is 0.0153. The second-order valence-electron chi connectivity index (χ2n) is 4.42. The molecule has 1 aromatic heterocycles. The summed E-state index contributed by atoms with van der Waals surface area (Å²) in [6.45, 7) is 0. The molecule has 0 saturated carbocycles. The SMILES string of the molecule is COC(=O)CCC(=O)c1cc(-c2ccc(Cl)c(Cl)c2)ncn1. The summed E-state index contributed by atoms with van der Waals surface area (Å²) in [4.78, 5) is 31.1. The molecule has 0 aliphatic rings. The number of carbonyl (C=O) groups excluding carboxylic acids is 2. The highest BCUT2D eigenvalue weighted by Crippen LogP contribution is 2.27. The van der Waals surface area contributed by atoms with E-state index in [1.165, 1.54) is 13.4 Å². The number of hydrogen-bond donors (Lipinski definition) is 0. The first kappa shape index (κ1) is 16.4. The fourth-order valence-electron chi connectivity index (χ4n) is 1.77. The third-order valence-electron chi connectivity index (χ3n) is 2.95. The monoisotopic (exact) mass is 338 g/mol. The van der Waals surface area contributed by atoms with E-state index in [1.807, 2.05) is 0 Å². The van der Waals surface area contributed by atoms with Crippen LogP contribution in [0.2, 0.25) is 10.0 Å². The molecule has 1 heterocycles. The average molecular weight is 339 g/mol. The second-order valence-corrected chi connectivity index (χ2v) is 5.23. The summed E-state index contributed by atoms with van der Waals surface area (Å²) in [5.41, 5.74) is 1.51. The number of nitrogens with zero attached hydrogens (tertiary/aromatic N) is 2. The molecule has 7 heteroatoms. The number of benzene rings is 1. The third kappa shape index (κ3) is 4.02. The maximum atomic E-state index is 12.0. The van der Waals surface area contributed by atoms with Gasteiger partial charge in [0.25, 0.3) is 0 Å². The summed E-state index contributed by atoms with van der Waals surface area (Å²) in [5, 5.41) is 0.838. The van der Waals surface area contributed by atoms with Crippen molar-refractivity contribution >= 4 is 35.0 Å². The van der Waals surface area contributed by atoms with Crippen molar-refractivity contribution < 1.29 is 14.3 Å². The molecule has 0 N–H and O–H groups in total. The minimum atomic E-state index is -0.438. The lowest BCUT2D eigenvalue weighted by Crippen LogP contribution is -2.08. The number of rotatable bonds is 5. The van der Waals surface area contributed by atoms with Gasteiger partial charge in [-0.3, -0.25) is 9.59 Å². The number of ether oxygens (including phenoxy) is 1. The van der Waals surface area contributed by atoms with Gasteiger partial charge in [-0.25, -0.2) is 9.97 Å². The van der Waals surface area contributed by atoms with E-state index in [1.54, 1.807) is 24.3 Å². The molecule has 0 atom stereocenters. The second kappa shape index (κ2) is 7.33. The van der Waals surface area contributed by atoms with Crippen LogP contribution >= 0.6 is 23.2 Å². The summed E-state index contributed by atoms with van der Waals surface area (Å²) < 4.78 is 4.50. The van der Waals surface area contributed by atoms with Gasteiger partial charge in [-0.15, -0.1) is 0 Å². The molecule has 0 spiro atoms. The van der Waals surface area contributed by atoms with E-state index in [0.29, 0.717) is 15.7 Å². The first-order chi connectivity index (χ1) is 10.5. The van der Waals surface area contributed by atoms with Crippen molar-refractivity contribution in [3.05, 3.63) is 46.3 Å². The van der Waals surface area contributed by atoms with E-state index >= 15 is 0 Å². The van der Waals surface area contributed by atoms with Gasteiger partial charge in [0, 0.05) is 12.0 Å². The molecule has 0 aliphatic heterocycles. The van der Waals surface area contributed by atoms with E-state index < -0.39 is 5.97 Å². The minimum Gasteiger partial charge on any atom is -0.469 e. The van der Waals surface area contributed by atoms with Crippen molar-refractivity contribution in [1.29, 1.82) is 0 Å². The lowest BCUT2D eigenvalue weighted by Gasteiger charge is -2.05. The van der Waals surface area contributed by atoms with Crippen LogP contribution < -0.4 is 0 Å². The fraction of sp³-hybridized carbons (Fsp3) is 0.200. The molecule has 0 bridgehead atoms. The van der Waals surface area contributed by atoms with Crippen LogP contribution in [0.1, 0.15) is 23.3 Å². The number of carbonyl (C=O) groups is 2. The largest absolute Gasteiger partial charge is 0.469 e. The molecule has 0 aliphatic carbocycles. The molecule has 0 saturated heterocycles. The Morgan fingerprint density at radius 3 is 2.55 bits per heavy atom. The average Bonchev–Trinajstić information content (AvgIpc) is 2.54. The van der Waals surface area contributed by atoms with E-state index in [9.17, 15) is 9.59 Å². The van der Waals surface area contributed by atoms with E-state index in [0.717, 1.165) is 5.56 Å². The number of methoxy groups -OCH3 is 1. The molecule has 114 valence electrons. The Labute approximate surface area is 137 Å². The molecule has 0 fully saturated rings. The highest BCUT2D eigenvalue weighted by atomic mass is 35.5. The van der Waals surface area contributed by atoms with E-state index in [2.05, 4.69) is 14.7 Å². The molecule has 5 nitrogen and oxygen atoms in total. The van der Waals surface area contributed by atoms with Crippen LogP contribution in [0.5, 0.6) is 0 Å². The quantitative estimate of drug-likeness (QED) is 0.615. The Morgan fingerprint density at radius 2 is 1.86 bits per heavy atom. The third-order valence-corrected chi connectivity index (χ3v) is 3.69. The molecule has 2 aromatic rings. The molecule has 2 rings (SSSR count). The number of hydrogen-bond acceptors (Lipinski definition) is 5. The number of halogens is 2. The van der Waals surface area contributed by atoms with Crippen molar-refractivity contribution in [3.63, 3.8) is 0 Å². The predicted octanol–water partition coefficient (Wildman–Crippen LogP) is 3.59. The van der Waals surface area contributed by atoms with Gasteiger partial charge in [0.2, 0.25) is 0 Å². The van der Waals surface area contributed by atoms with Gasteiger partial charge in [0.15, 0.2) is 5.78 Å². The van der Waals surface area contributed by atoms with Gasteiger partial charge in [-0.1, -0.05) is 29.3 Å². The van der Waals surface area contributed by atoms with Gasteiger partial charge < -0.3 is 4.74 Å². The summed E-state index contributed by atoms with van der Waals surface area (Å²) >= 11 is 11.8. The Kier molecular flexibility index (Phi) is 5.46. The molecule has 0 amide bonds. The number of Topliss-reactive ketones (excluding diaryl/α,β-unsaturated/α-hetero) is 1. The highest BCUT2D eigenvalue weighted by molar-refractivity contribution is 6.42. The maximum Gasteiger partial charge on any atom is 0.305 e. The molecular weight excluding hydrogens is 327 g/mol. The maximum absolute atomic E-state index is 12.0. The highest BCUT2D eigenvalue weighted by Gasteiger charge is 2.13. The van der Waals surface area contributed by atoms with E-state index in [-0.39, 0.29) is 24.3 Å². The van der Waals surface area contributed by atoms with Crippen LogP contribution in [-0.2, 0) is 9.53 Å². The van der Waals surface area contributed by atoms with Crippen LogP contribution in [0.15, 0.2) is 30.6 Å². The first-order valence-electron chi connectivity index (χ1n) is 6.38. The molecular formula is C15H12Cl2N2O3. The smallest absolute Gasteiger partial charge is 0.305 e. The zero-order valence-corrected chi connectivity index (χ0v) is 13.2. The zero-order valence-electron chi connectivity index (χ0n) is 11.7. The van der Waals surface area contributed by atoms with Crippen LogP contribution in [-0.4, -0.2) is 28.8 Å². The van der Waals surface area contributed by atoms with Gasteiger partial charge in [-0.05, 0) is 18.2 Å². The summed E-state index contributed by atoms with van der Waals surface area (Å²) in [6, 6.07) is 6.62. The predicted molar refractivity (Wildman–Crippen MR) is 83.1 cm³/mol. The van der Waals surface area contributed by atoms with Gasteiger partial charge >= 0.3 is 5.97 Å². The number of ketones is 1. The van der Waals surface area contributed by atoms with Crippen LogP contribution in [0.4, 0.5) is 0 Å². The summed E-state index contributed by atoms with van der Waals surface area (Å²) in [7, 11) is 1.28. The van der Waals surface area contributed by atoms with Crippen LogP contribution in [0.25, 0.3) is 11.3 Å². The molecule has 22 heavy (non-hydrogen) atoms. The Balaban J connectivity index is 2.20. The molecule has 0 unspecified atom stereocenters. The van der Waals surface area contributed by atoms with Crippen molar-refractivity contribution in [2.45, 2.75) is 12.8 Å². The van der Waals surface area contributed by atoms with E-state index in [4.69, 9.17) is 23.2 Å². The Bertz CT molecular complexity index is 720. The van der Waals surface area contributed by atoms with Gasteiger partial charge in [-0.2, -0.15) is 0 Å². The van der Waals surface area contributed by atoms with Crippen molar-refractivity contribution in [2.75, 3.05) is 7.11 Å². The molecule has 0 radical (unpaired) electrons. The molecule has 1 aromatic carbocycles. The topological polar surface area (TPSA) is 69.2 Å². The Hall–Kier alpha value is -1.98. The summed E-state index contributed by atoms with van der Waals surface area (Å²) in [6.07, 6.45) is 1.34. The van der Waals surface area contributed by atoms with Gasteiger partial charge in [0.1, 0.15) is 12.0 Å². The van der Waals surface area contributed by atoms with Gasteiger partial charge in [0.05, 0.1) is 29.3 Å². The Morgan fingerprint density at radius 1 is 1.09 bits per heavy atom. The van der Waals surface area contributed by atoms with Crippen LogP contribution in [0.3, 0.4) is 0 Å². The van der Waals surface area contributed by atoms with Crippen molar-refractivity contribution in [2.24, 2.45) is 0 Å². The summed E-state index contributed by atoms with van der Waals surface area (Å²) in [5.74, 6) is -0.693. The first-order valence-corrected chi connectivity index (χ1v) is 7.14. The fourth-order valence-corrected chi connectivity index (χ4v) is 2.07. The van der Waals surface area contributed by atoms with Crippen molar-refractivity contribution in [3.8, 4) is 11.3 Å². The van der Waals surface area contributed by atoms with Crippen molar-refractivity contribution in [1.82, 2.24) is 9.97 Å². The number of aromatic nitrogens is 2. The lowest BCUT2D eigenvalue weighted by atomic mass is 10.1. The van der Waals surface area contributed by atoms with Crippen LogP contribution in [0, 0.1) is 0 Å². The number of esters is 1. The zero-order chi connectivity index (χ0) is 16.1. The normalized spacial score (nSPS) is 10.3.